The van der Waals surface area contributed by atoms with E-state index in [1.54, 1.807) is 6.92 Å². The third-order valence-electron chi connectivity index (χ3n) is 3.65. The zero-order valence-corrected chi connectivity index (χ0v) is 14.8. The molecule has 0 spiro atoms. The quantitative estimate of drug-likeness (QED) is 0.207. The monoisotopic (exact) mass is 366 g/mol. The molecular formula is C16H22N4O6. The number of nitro groups is 2. The second-order valence-electron chi connectivity index (χ2n) is 5.66. The minimum absolute atomic E-state index is 0.0954. The number of methoxy groups -OCH3 is 1. The molecule has 0 unspecified atom stereocenters. The number of ether oxygens (including phenoxy) is 1. The predicted octanol–water partition coefficient (Wildman–Crippen LogP) is 3.80. The van der Waals surface area contributed by atoms with E-state index in [1.807, 2.05) is 0 Å². The van der Waals surface area contributed by atoms with Gasteiger partial charge in [0.05, 0.1) is 23.0 Å². The highest BCUT2D eigenvalue weighted by molar-refractivity contribution is 5.83. The van der Waals surface area contributed by atoms with Crippen LogP contribution < -0.4 is 5.43 Å². The molecule has 142 valence electrons. The van der Waals surface area contributed by atoms with Crippen LogP contribution in [0.5, 0.6) is 0 Å². The number of carbonyl (C=O) groups is 1. The lowest BCUT2D eigenvalue weighted by molar-refractivity contribution is -0.393. The van der Waals surface area contributed by atoms with Crippen molar-refractivity contribution in [2.24, 2.45) is 5.10 Å². The highest BCUT2D eigenvalue weighted by Crippen LogP contribution is 2.28. The van der Waals surface area contributed by atoms with Crippen LogP contribution in [0.15, 0.2) is 23.3 Å². The molecule has 10 heteroatoms. The van der Waals surface area contributed by atoms with Crippen molar-refractivity contribution in [2.45, 2.75) is 45.4 Å². The van der Waals surface area contributed by atoms with Crippen molar-refractivity contribution in [3.8, 4) is 0 Å². The van der Waals surface area contributed by atoms with Gasteiger partial charge in [-0.15, -0.1) is 0 Å². The van der Waals surface area contributed by atoms with Crippen molar-refractivity contribution in [1.29, 1.82) is 0 Å². The van der Waals surface area contributed by atoms with Gasteiger partial charge in [-0.3, -0.25) is 30.4 Å². The van der Waals surface area contributed by atoms with Crippen molar-refractivity contribution >= 4 is 28.7 Å². The molecular weight excluding hydrogens is 344 g/mol. The lowest BCUT2D eigenvalue weighted by atomic mass is 10.1. The van der Waals surface area contributed by atoms with Crippen molar-refractivity contribution < 1.29 is 19.4 Å². The van der Waals surface area contributed by atoms with Crippen molar-refractivity contribution in [3.05, 3.63) is 38.4 Å². The van der Waals surface area contributed by atoms with E-state index in [4.69, 9.17) is 0 Å². The fraction of sp³-hybridized carbons (Fsp3) is 0.500. The minimum atomic E-state index is -0.693. The summed E-state index contributed by atoms with van der Waals surface area (Å²) in [5, 5.41) is 25.8. The van der Waals surface area contributed by atoms with Crippen molar-refractivity contribution in [3.63, 3.8) is 0 Å². The first-order chi connectivity index (χ1) is 12.3. The third kappa shape index (κ3) is 7.24. The fourth-order valence-corrected chi connectivity index (χ4v) is 2.20. The number of anilines is 1. The average Bonchev–Trinajstić information content (AvgIpc) is 2.62. The largest absolute Gasteiger partial charge is 0.469 e. The highest BCUT2D eigenvalue weighted by atomic mass is 16.6. The number of benzene rings is 1. The zero-order chi connectivity index (χ0) is 19.5. The van der Waals surface area contributed by atoms with E-state index >= 15 is 0 Å². The third-order valence-corrected chi connectivity index (χ3v) is 3.65. The van der Waals surface area contributed by atoms with Gasteiger partial charge >= 0.3 is 11.7 Å². The Morgan fingerprint density at radius 1 is 1.12 bits per heavy atom. The molecule has 0 radical (unpaired) electrons. The van der Waals surface area contributed by atoms with Crippen LogP contribution in [0.25, 0.3) is 0 Å². The summed E-state index contributed by atoms with van der Waals surface area (Å²) in [4.78, 5) is 31.3. The molecule has 0 aliphatic carbocycles. The maximum Gasteiger partial charge on any atom is 0.305 e. The number of esters is 1. The number of rotatable bonds is 11. The number of hydrogen-bond donors (Lipinski definition) is 1. The van der Waals surface area contributed by atoms with Crippen LogP contribution in [-0.2, 0) is 9.53 Å². The Balaban J connectivity index is 2.50. The number of nitrogens with one attached hydrogen (secondary N) is 1. The van der Waals surface area contributed by atoms with Crippen LogP contribution in [0.4, 0.5) is 17.1 Å². The first kappa shape index (κ1) is 21.0. The van der Waals surface area contributed by atoms with Crippen LogP contribution in [0.3, 0.4) is 0 Å². The van der Waals surface area contributed by atoms with Crippen molar-refractivity contribution in [2.75, 3.05) is 12.5 Å². The standard InChI is InChI=1S/C16H22N4O6/c1-12(7-5-3-4-6-8-16(21)26-2)17-18-14-10-9-13(19(22)23)11-15(14)20(24)25/h9-11,18H,3-8H2,1-2H3. The smallest absolute Gasteiger partial charge is 0.305 e. The Labute approximate surface area is 150 Å². The molecule has 1 N–H and O–H groups in total. The van der Waals surface area contributed by atoms with Gasteiger partial charge in [0.15, 0.2) is 0 Å². The normalized spacial score (nSPS) is 11.1. The Morgan fingerprint density at radius 3 is 2.35 bits per heavy atom. The molecule has 1 aromatic carbocycles. The molecule has 0 saturated heterocycles. The topological polar surface area (TPSA) is 137 Å². The molecule has 0 bridgehead atoms. The van der Waals surface area contributed by atoms with E-state index < -0.39 is 15.5 Å². The van der Waals surface area contributed by atoms with Gasteiger partial charge in [0.25, 0.3) is 5.69 Å². The highest BCUT2D eigenvalue weighted by Gasteiger charge is 2.19. The molecule has 1 rings (SSSR count). The number of carbonyl (C=O) groups excluding carboxylic acids is 1. The Morgan fingerprint density at radius 2 is 1.77 bits per heavy atom. The summed E-state index contributed by atoms with van der Waals surface area (Å²) in [6.07, 6.45) is 4.60. The molecule has 0 saturated carbocycles. The van der Waals surface area contributed by atoms with Crippen LogP contribution in [0.1, 0.15) is 45.4 Å². The maximum absolute atomic E-state index is 11.0. The van der Waals surface area contributed by atoms with Gasteiger partial charge in [-0.1, -0.05) is 12.8 Å². The van der Waals surface area contributed by atoms with E-state index in [-0.39, 0.29) is 17.3 Å². The molecule has 0 atom stereocenters. The first-order valence-electron chi connectivity index (χ1n) is 8.14. The minimum Gasteiger partial charge on any atom is -0.469 e. The second-order valence-corrected chi connectivity index (χ2v) is 5.66. The van der Waals surface area contributed by atoms with E-state index in [2.05, 4.69) is 15.3 Å². The summed E-state index contributed by atoms with van der Waals surface area (Å²) < 4.78 is 4.56. The molecule has 26 heavy (non-hydrogen) atoms. The van der Waals surface area contributed by atoms with Crippen molar-refractivity contribution in [1.82, 2.24) is 0 Å². The lowest BCUT2D eigenvalue weighted by Gasteiger charge is -2.05. The summed E-state index contributed by atoms with van der Waals surface area (Å²) in [6.45, 7) is 1.79. The van der Waals surface area contributed by atoms with E-state index in [1.165, 1.54) is 19.2 Å². The number of nitro benzene ring substituents is 2. The van der Waals surface area contributed by atoms with Crippen LogP contribution in [-0.4, -0.2) is 28.6 Å². The summed E-state index contributed by atoms with van der Waals surface area (Å²) in [6, 6.07) is 3.34. The molecule has 1 aromatic rings. The predicted molar refractivity (Wildman–Crippen MR) is 96.2 cm³/mol. The Kier molecular flexibility index (Phi) is 8.68. The molecule has 0 heterocycles. The van der Waals surface area contributed by atoms with E-state index in [0.29, 0.717) is 12.8 Å². The lowest BCUT2D eigenvalue weighted by Crippen LogP contribution is -2.02. The van der Waals surface area contributed by atoms with Crippen LogP contribution >= 0.6 is 0 Å². The van der Waals surface area contributed by atoms with Crippen LogP contribution in [0, 0.1) is 20.2 Å². The number of hydrazone groups is 1. The van der Waals surface area contributed by atoms with Crippen LogP contribution in [0.2, 0.25) is 0 Å². The first-order valence-corrected chi connectivity index (χ1v) is 8.14. The summed E-state index contributed by atoms with van der Waals surface area (Å²) in [5.41, 5.74) is 2.69. The van der Waals surface area contributed by atoms with Gasteiger partial charge in [0.1, 0.15) is 5.69 Å². The molecule has 0 aromatic heterocycles. The fourth-order valence-electron chi connectivity index (χ4n) is 2.20. The second kappa shape index (κ2) is 10.7. The number of nitrogens with zero attached hydrogens (tertiary/aromatic N) is 3. The Bertz CT molecular complexity index is 689. The molecule has 0 fully saturated rings. The number of unbranched alkanes of at least 4 members (excludes halogenated alkanes) is 3. The SMILES string of the molecule is COC(=O)CCCCCCC(C)=NNc1ccc([N+](=O)[O-])cc1[N+](=O)[O-]. The van der Waals surface area contributed by atoms with Gasteiger partial charge in [-0.25, -0.2) is 0 Å². The molecule has 10 nitrogen and oxygen atoms in total. The summed E-state index contributed by atoms with van der Waals surface area (Å²) in [5.74, 6) is -0.211. The zero-order valence-electron chi connectivity index (χ0n) is 14.8. The maximum atomic E-state index is 11.0. The molecule has 0 aliphatic heterocycles. The van der Waals surface area contributed by atoms with Gasteiger partial charge in [-0.05, 0) is 32.3 Å². The van der Waals surface area contributed by atoms with Gasteiger partial charge < -0.3 is 4.74 Å². The van der Waals surface area contributed by atoms with Gasteiger partial charge in [0, 0.05) is 18.2 Å². The van der Waals surface area contributed by atoms with E-state index in [0.717, 1.165) is 37.5 Å². The van der Waals surface area contributed by atoms with Gasteiger partial charge in [0.2, 0.25) is 0 Å². The number of non-ortho nitro benzene ring substituents is 1. The van der Waals surface area contributed by atoms with E-state index in [9.17, 15) is 25.0 Å². The van der Waals surface area contributed by atoms with Gasteiger partial charge in [-0.2, -0.15) is 5.10 Å². The summed E-state index contributed by atoms with van der Waals surface area (Å²) in [7, 11) is 1.37. The molecule has 0 amide bonds. The summed E-state index contributed by atoms with van der Waals surface area (Å²) >= 11 is 0. The molecule has 0 aliphatic rings. The Hall–Kier alpha value is -3.04. The average molecular weight is 366 g/mol. The number of hydrogen-bond acceptors (Lipinski definition) is 8.